The van der Waals surface area contributed by atoms with Gasteiger partial charge in [0.05, 0.1) is 0 Å². The Hall–Kier alpha value is -1.02. The molecule has 2 nitrogen and oxygen atoms in total. The van der Waals surface area contributed by atoms with Crippen molar-refractivity contribution >= 4 is 0 Å². The fourth-order valence-electron chi connectivity index (χ4n) is 3.58. The highest BCUT2D eigenvalue weighted by Crippen LogP contribution is 2.37. The standard InChI is InChI=1S/C19H31NO/c1-14-8-9-17(18(21)13-14)15(2)20-11-6-7-16(10-12-20)19(3,4)5/h8-9,13,15-16,21H,6-7,10-12H2,1-5H3. The Bertz CT molecular complexity index is 475. The van der Waals surface area contributed by atoms with Crippen LogP contribution in [0, 0.1) is 18.3 Å². The number of likely N-dealkylation sites (tertiary alicyclic amines) is 1. The summed E-state index contributed by atoms with van der Waals surface area (Å²) in [5, 5.41) is 10.2. The average Bonchev–Trinajstić information content (AvgIpc) is 2.63. The first kappa shape index (κ1) is 16.4. The molecule has 0 aliphatic carbocycles. The second kappa shape index (κ2) is 6.39. The van der Waals surface area contributed by atoms with Crippen LogP contribution >= 0.6 is 0 Å². The molecule has 1 aromatic rings. The number of benzene rings is 1. The second-order valence-electron chi connectivity index (χ2n) is 7.77. The van der Waals surface area contributed by atoms with Crippen LogP contribution in [0.25, 0.3) is 0 Å². The zero-order valence-corrected chi connectivity index (χ0v) is 14.3. The Morgan fingerprint density at radius 1 is 1.19 bits per heavy atom. The van der Waals surface area contributed by atoms with Crippen molar-refractivity contribution in [1.82, 2.24) is 4.90 Å². The lowest BCUT2D eigenvalue weighted by molar-refractivity contribution is 0.188. The normalized spacial score (nSPS) is 22.8. The van der Waals surface area contributed by atoms with Gasteiger partial charge in [-0.1, -0.05) is 32.9 Å². The Morgan fingerprint density at radius 2 is 1.90 bits per heavy atom. The van der Waals surface area contributed by atoms with E-state index in [1.54, 1.807) is 0 Å². The summed E-state index contributed by atoms with van der Waals surface area (Å²) in [4.78, 5) is 2.54. The van der Waals surface area contributed by atoms with E-state index >= 15 is 0 Å². The Kier molecular flexibility index (Phi) is 4.98. The summed E-state index contributed by atoms with van der Waals surface area (Å²) in [5.41, 5.74) is 2.59. The van der Waals surface area contributed by atoms with E-state index in [4.69, 9.17) is 0 Å². The SMILES string of the molecule is Cc1ccc(C(C)N2CCCC(C(C)(C)C)CC2)c(O)c1. The van der Waals surface area contributed by atoms with Crippen LogP contribution < -0.4 is 0 Å². The van der Waals surface area contributed by atoms with E-state index in [0.717, 1.165) is 30.1 Å². The minimum atomic E-state index is 0.296. The van der Waals surface area contributed by atoms with Gasteiger partial charge in [-0.25, -0.2) is 0 Å². The van der Waals surface area contributed by atoms with Crippen molar-refractivity contribution in [2.45, 2.75) is 59.9 Å². The van der Waals surface area contributed by atoms with Gasteiger partial charge in [0.15, 0.2) is 0 Å². The molecule has 1 aromatic carbocycles. The lowest BCUT2D eigenvalue weighted by Gasteiger charge is -2.31. The number of hydrogen-bond acceptors (Lipinski definition) is 2. The average molecular weight is 289 g/mol. The van der Waals surface area contributed by atoms with E-state index in [0.29, 0.717) is 17.2 Å². The topological polar surface area (TPSA) is 23.5 Å². The van der Waals surface area contributed by atoms with E-state index in [1.165, 1.54) is 19.3 Å². The van der Waals surface area contributed by atoms with E-state index < -0.39 is 0 Å². The molecule has 2 heteroatoms. The third kappa shape index (κ3) is 4.00. The molecule has 0 amide bonds. The van der Waals surface area contributed by atoms with Crippen molar-refractivity contribution < 1.29 is 5.11 Å². The molecule has 1 saturated heterocycles. The molecule has 1 N–H and O–H groups in total. The van der Waals surface area contributed by atoms with Gasteiger partial charge >= 0.3 is 0 Å². The quantitative estimate of drug-likeness (QED) is 0.836. The predicted octanol–water partition coefficient (Wildman–Crippen LogP) is 4.91. The number of hydrogen-bond donors (Lipinski definition) is 1. The molecule has 0 saturated carbocycles. The highest BCUT2D eigenvalue weighted by Gasteiger charge is 2.29. The van der Waals surface area contributed by atoms with E-state index in [1.807, 2.05) is 13.0 Å². The van der Waals surface area contributed by atoms with Gasteiger partial charge in [0.1, 0.15) is 5.75 Å². The molecular formula is C19H31NO. The molecule has 0 spiro atoms. The van der Waals surface area contributed by atoms with Crippen molar-refractivity contribution in [1.29, 1.82) is 0 Å². The maximum Gasteiger partial charge on any atom is 0.120 e. The van der Waals surface area contributed by atoms with Gasteiger partial charge in [0, 0.05) is 11.6 Å². The monoisotopic (exact) mass is 289 g/mol. The molecule has 0 radical (unpaired) electrons. The largest absolute Gasteiger partial charge is 0.508 e. The van der Waals surface area contributed by atoms with E-state index in [2.05, 4.69) is 44.7 Å². The van der Waals surface area contributed by atoms with Crippen LogP contribution in [0.15, 0.2) is 18.2 Å². The molecule has 1 heterocycles. The number of rotatable bonds is 2. The molecule has 2 rings (SSSR count). The van der Waals surface area contributed by atoms with E-state index in [-0.39, 0.29) is 0 Å². The molecule has 1 aliphatic heterocycles. The van der Waals surface area contributed by atoms with Gasteiger partial charge in [-0.15, -0.1) is 0 Å². The molecule has 2 atom stereocenters. The Balaban J connectivity index is 2.08. The van der Waals surface area contributed by atoms with Crippen LogP contribution in [0.2, 0.25) is 0 Å². The summed E-state index contributed by atoms with van der Waals surface area (Å²) in [6, 6.07) is 6.36. The number of phenols is 1. The van der Waals surface area contributed by atoms with Gasteiger partial charge in [-0.3, -0.25) is 4.90 Å². The third-order valence-electron chi connectivity index (χ3n) is 5.17. The second-order valence-corrected chi connectivity index (χ2v) is 7.77. The molecule has 2 unspecified atom stereocenters. The smallest absolute Gasteiger partial charge is 0.120 e. The van der Waals surface area contributed by atoms with Crippen molar-refractivity contribution in [3.63, 3.8) is 0 Å². The summed E-state index contributed by atoms with van der Waals surface area (Å²) < 4.78 is 0. The summed E-state index contributed by atoms with van der Waals surface area (Å²) in [6.07, 6.45) is 3.85. The van der Waals surface area contributed by atoms with Gasteiger partial charge in [0.25, 0.3) is 0 Å². The fourth-order valence-corrected chi connectivity index (χ4v) is 3.58. The highest BCUT2D eigenvalue weighted by atomic mass is 16.3. The van der Waals surface area contributed by atoms with Crippen LogP contribution in [0.1, 0.15) is 64.1 Å². The lowest BCUT2D eigenvalue weighted by atomic mass is 9.77. The zero-order chi connectivity index (χ0) is 15.6. The van der Waals surface area contributed by atoms with Gasteiger partial charge < -0.3 is 5.11 Å². The fraction of sp³-hybridized carbons (Fsp3) is 0.684. The zero-order valence-electron chi connectivity index (χ0n) is 14.3. The third-order valence-corrected chi connectivity index (χ3v) is 5.17. The van der Waals surface area contributed by atoms with Gasteiger partial charge in [0.2, 0.25) is 0 Å². The summed E-state index contributed by atoms with van der Waals surface area (Å²) in [7, 11) is 0. The van der Waals surface area contributed by atoms with Crippen LogP contribution in [0.3, 0.4) is 0 Å². The van der Waals surface area contributed by atoms with Gasteiger partial charge in [-0.05, 0) is 69.2 Å². The van der Waals surface area contributed by atoms with Crippen LogP contribution in [-0.4, -0.2) is 23.1 Å². The molecule has 0 aromatic heterocycles. The minimum Gasteiger partial charge on any atom is -0.508 e. The molecule has 1 fully saturated rings. The van der Waals surface area contributed by atoms with Crippen molar-refractivity contribution in [2.24, 2.45) is 11.3 Å². The number of aryl methyl sites for hydroxylation is 1. The Morgan fingerprint density at radius 3 is 2.52 bits per heavy atom. The molecule has 1 aliphatic rings. The lowest BCUT2D eigenvalue weighted by Crippen LogP contribution is -2.29. The van der Waals surface area contributed by atoms with Crippen LogP contribution in [0.5, 0.6) is 5.75 Å². The predicted molar refractivity (Wildman–Crippen MR) is 89.6 cm³/mol. The van der Waals surface area contributed by atoms with Crippen molar-refractivity contribution in [3.05, 3.63) is 29.3 Å². The number of aromatic hydroxyl groups is 1. The number of nitrogens with zero attached hydrogens (tertiary/aromatic N) is 1. The summed E-state index contributed by atoms with van der Waals surface area (Å²) in [5.74, 6) is 1.25. The summed E-state index contributed by atoms with van der Waals surface area (Å²) >= 11 is 0. The summed E-state index contributed by atoms with van der Waals surface area (Å²) in [6.45, 7) is 13.6. The van der Waals surface area contributed by atoms with Crippen molar-refractivity contribution in [3.8, 4) is 5.75 Å². The molecular weight excluding hydrogens is 258 g/mol. The Labute approximate surface area is 130 Å². The first-order valence-corrected chi connectivity index (χ1v) is 8.32. The molecule has 0 bridgehead atoms. The first-order chi connectivity index (χ1) is 9.79. The van der Waals surface area contributed by atoms with Crippen LogP contribution in [-0.2, 0) is 0 Å². The first-order valence-electron chi connectivity index (χ1n) is 8.32. The molecule has 118 valence electrons. The van der Waals surface area contributed by atoms with Crippen LogP contribution in [0.4, 0.5) is 0 Å². The molecule has 21 heavy (non-hydrogen) atoms. The maximum atomic E-state index is 10.2. The van der Waals surface area contributed by atoms with Crippen molar-refractivity contribution in [2.75, 3.05) is 13.1 Å². The highest BCUT2D eigenvalue weighted by molar-refractivity contribution is 5.37. The maximum absolute atomic E-state index is 10.2. The van der Waals surface area contributed by atoms with Gasteiger partial charge in [-0.2, -0.15) is 0 Å². The van der Waals surface area contributed by atoms with E-state index in [9.17, 15) is 5.11 Å². The number of phenolic OH excluding ortho intramolecular Hbond substituents is 1. The minimum absolute atomic E-state index is 0.296.